The Hall–Kier alpha value is -3.35. The maximum absolute atomic E-state index is 13.7. The van der Waals surface area contributed by atoms with E-state index in [2.05, 4.69) is 0 Å². The van der Waals surface area contributed by atoms with Crippen LogP contribution in [-0.2, 0) is 11.2 Å². The van der Waals surface area contributed by atoms with Gasteiger partial charge in [-0.05, 0) is 24.8 Å². The maximum atomic E-state index is 13.7. The number of methoxy groups -OCH3 is 1. The number of ether oxygens (including phenoxy) is 2. The van der Waals surface area contributed by atoms with Gasteiger partial charge in [-0.25, -0.2) is 0 Å². The highest BCUT2D eigenvalue weighted by Crippen LogP contribution is 2.52. The van der Waals surface area contributed by atoms with Crippen LogP contribution in [0.1, 0.15) is 75.3 Å². The van der Waals surface area contributed by atoms with Crippen LogP contribution in [0.15, 0.2) is 18.2 Å². The summed E-state index contributed by atoms with van der Waals surface area (Å²) in [5.74, 6) is -2.67. The second kappa shape index (κ2) is 9.68. The molecule has 0 radical (unpaired) electrons. The van der Waals surface area contributed by atoms with Crippen LogP contribution in [0.3, 0.4) is 0 Å². The van der Waals surface area contributed by atoms with Crippen molar-refractivity contribution < 1.29 is 44.6 Å². The van der Waals surface area contributed by atoms with Gasteiger partial charge >= 0.3 is 0 Å². The molecule has 0 saturated heterocycles. The summed E-state index contributed by atoms with van der Waals surface area (Å²) in [6.07, 6.45) is -2.37. The minimum atomic E-state index is -1.96. The summed E-state index contributed by atoms with van der Waals surface area (Å²) in [5, 5.41) is 62.5. The molecule has 4 unspecified atom stereocenters. The summed E-state index contributed by atoms with van der Waals surface area (Å²) in [7, 11) is 1.35. The second-order valence-corrected chi connectivity index (χ2v) is 10.8. The molecule has 0 spiro atoms. The molecule has 2 aromatic rings. The standard InChI is InChI=1S/C28H32N2O9/c1-11-6-12(7-15(29)23(11)32)39-17-9-28(37,18(30)10-31)8-14-20(17)27(36)22-21(25(14)34)24(33)13-4-3-5-16(38-2)19(13)26(22)35/h3-5,11-12,15,17,23,30-32,34,36-37H,6-10,29H2,1-2H3/t11?,12-,15?,17+,23?,28?/m1/s1. The van der Waals surface area contributed by atoms with Gasteiger partial charge in [-0.15, -0.1) is 0 Å². The van der Waals surface area contributed by atoms with Crippen molar-refractivity contribution >= 4 is 17.3 Å². The summed E-state index contributed by atoms with van der Waals surface area (Å²) in [6, 6.07) is 3.88. The molecule has 0 aromatic heterocycles. The summed E-state index contributed by atoms with van der Waals surface area (Å²) in [4.78, 5) is 27.2. The van der Waals surface area contributed by atoms with E-state index in [-0.39, 0.29) is 46.8 Å². The average molecular weight is 541 g/mol. The number of aliphatic hydroxyl groups excluding tert-OH is 2. The van der Waals surface area contributed by atoms with Gasteiger partial charge in [-0.3, -0.25) is 9.59 Å². The summed E-state index contributed by atoms with van der Waals surface area (Å²) >= 11 is 0. The molecule has 6 atom stereocenters. The normalized spacial score (nSPS) is 29.8. The zero-order valence-electron chi connectivity index (χ0n) is 21.6. The van der Waals surface area contributed by atoms with E-state index in [1.54, 1.807) is 0 Å². The smallest absolute Gasteiger partial charge is 0.202 e. The molecule has 0 amide bonds. The van der Waals surface area contributed by atoms with E-state index in [0.717, 1.165) is 0 Å². The number of phenolic OH excluding ortho intramolecular Hbond substituents is 2. The van der Waals surface area contributed by atoms with Gasteiger partial charge in [-0.1, -0.05) is 19.1 Å². The van der Waals surface area contributed by atoms with Gasteiger partial charge in [0.05, 0.1) is 54.4 Å². The third kappa shape index (κ3) is 4.12. The Morgan fingerprint density at radius 3 is 2.46 bits per heavy atom. The number of carbonyl (C=O) groups excluding carboxylic acids is 2. The summed E-state index contributed by atoms with van der Waals surface area (Å²) in [5.41, 5.74) is 2.83. The van der Waals surface area contributed by atoms with E-state index >= 15 is 0 Å². The van der Waals surface area contributed by atoms with Gasteiger partial charge in [0.2, 0.25) is 5.78 Å². The molecule has 3 aliphatic rings. The number of nitrogens with one attached hydrogen (secondary N) is 1. The minimum absolute atomic E-state index is 0.00721. The molecule has 11 heteroatoms. The Labute approximate surface area is 224 Å². The van der Waals surface area contributed by atoms with Crippen LogP contribution in [0.25, 0.3) is 0 Å². The lowest BCUT2D eigenvalue weighted by atomic mass is 9.71. The molecular formula is C28H32N2O9. The number of nitrogens with two attached hydrogens (primary N) is 1. The molecule has 3 aliphatic carbocycles. The molecular weight excluding hydrogens is 508 g/mol. The molecule has 11 nitrogen and oxygen atoms in total. The molecule has 208 valence electrons. The van der Waals surface area contributed by atoms with E-state index in [1.165, 1.54) is 25.3 Å². The fourth-order valence-electron chi connectivity index (χ4n) is 6.27. The zero-order chi connectivity index (χ0) is 28.4. The van der Waals surface area contributed by atoms with Gasteiger partial charge in [-0.2, -0.15) is 0 Å². The first-order valence-electron chi connectivity index (χ1n) is 12.8. The van der Waals surface area contributed by atoms with E-state index in [9.17, 15) is 35.1 Å². The lowest BCUT2D eigenvalue weighted by Gasteiger charge is -2.43. The zero-order valence-corrected chi connectivity index (χ0v) is 21.6. The Bertz CT molecular complexity index is 1380. The summed E-state index contributed by atoms with van der Waals surface area (Å²) < 4.78 is 11.6. The number of ketones is 2. The predicted octanol–water partition coefficient (Wildman–Crippen LogP) is 1.12. The van der Waals surface area contributed by atoms with Gasteiger partial charge in [0.25, 0.3) is 0 Å². The molecule has 0 bridgehead atoms. The molecule has 2 aromatic carbocycles. The van der Waals surface area contributed by atoms with Crippen molar-refractivity contribution in [2.45, 2.75) is 62.6 Å². The number of phenols is 2. The Balaban J connectivity index is 1.69. The number of carbonyl (C=O) groups is 2. The first kappa shape index (κ1) is 27.2. The van der Waals surface area contributed by atoms with Gasteiger partial charge < -0.3 is 46.1 Å². The fraction of sp³-hybridized carbons (Fsp3) is 0.464. The minimum Gasteiger partial charge on any atom is -0.507 e. The number of fused-ring (bicyclic) bond motifs is 3. The average Bonchev–Trinajstić information content (AvgIpc) is 2.90. The lowest BCUT2D eigenvalue weighted by molar-refractivity contribution is -0.0972. The highest BCUT2D eigenvalue weighted by molar-refractivity contribution is 6.31. The number of hydrogen-bond donors (Lipinski definition) is 7. The molecule has 1 saturated carbocycles. The molecule has 5 rings (SSSR count). The van der Waals surface area contributed by atoms with E-state index in [4.69, 9.17) is 20.6 Å². The second-order valence-electron chi connectivity index (χ2n) is 10.8. The van der Waals surface area contributed by atoms with Crippen LogP contribution in [0, 0.1) is 11.3 Å². The van der Waals surface area contributed by atoms with Crippen LogP contribution >= 0.6 is 0 Å². The van der Waals surface area contributed by atoms with Crippen LogP contribution in [-0.4, -0.2) is 80.4 Å². The number of rotatable bonds is 5. The van der Waals surface area contributed by atoms with E-state index in [1.807, 2.05) is 6.92 Å². The van der Waals surface area contributed by atoms with Gasteiger partial charge in [0.15, 0.2) is 5.78 Å². The van der Waals surface area contributed by atoms with Crippen LogP contribution < -0.4 is 10.5 Å². The number of aliphatic hydroxyl groups is 3. The third-order valence-corrected chi connectivity index (χ3v) is 8.34. The Morgan fingerprint density at radius 2 is 1.82 bits per heavy atom. The van der Waals surface area contributed by atoms with Gasteiger partial charge in [0, 0.05) is 35.6 Å². The number of aromatic hydroxyl groups is 2. The predicted molar refractivity (Wildman–Crippen MR) is 138 cm³/mol. The molecule has 8 N–H and O–H groups in total. The maximum Gasteiger partial charge on any atom is 0.202 e. The fourth-order valence-corrected chi connectivity index (χ4v) is 6.27. The quantitative estimate of drug-likeness (QED) is 0.181. The highest BCUT2D eigenvalue weighted by atomic mass is 16.5. The van der Waals surface area contributed by atoms with Crippen molar-refractivity contribution in [3.8, 4) is 17.2 Å². The Morgan fingerprint density at radius 1 is 1.13 bits per heavy atom. The van der Waals surface area contributed by atoms with Crippen molar-refractivity contribution in [1.29, 1.82) is 5.41 Å². The SMILES string of the molecule is COc1cccc2c1C(=O)c1c(O)c3c(c(O)c1C2=O)CC(O)(C(=N)CO)C[C@@H]3O[C@@H]1CC(C)C(O)C(N)C1. The Kier molecular flexibility index (Phi) is 6.76. The summed E-state index contributed by atoms with van der Waals surface area (Å²) in [6.45, 7) is 1.06. The number of benzene rings is 2. The topological polar surface area (TPSA) is 204 Å². The van der Waals surface area contributed by atoms with Crippen molar-refractivity contribution in [3.05, 3.63) is 51.6 Å². The van der Waals surface area contributed by atoms with Crippen molar-refractivity contribution in [1.82, 2.24) is 0 Å². The van der Waals surface area contributed by atoms with Crippen molar-refractivity contribution in [3.63, 3.8) is 0 Å². The first-order chi connectivity index (χ1) is 18.4. The highest BCUT2D eigenvalue weighted by Gasteiger charge is 2.49. The number of hydrogen-bond acceptors (Lipinski definition) is 11. The molecule has 0 heterocycles. The van der Waals surface area contributed by atoms with Gasteiger partial charge in [0.1, 0.15) is 22.8 Å². The monoisotopic (exact) mass is 540 g/mol. The van der Waals surface area contributed by atoms with Crippen molar-refractivity contribution in [2.24, 2.45) is 11.7 Å². The molecule has 39 heavy (non-hydrogen) atoms. The largest absolute Gasteiger partial charge is 0.507 e. The van der Waals surface area contributed by atoms with E-state index in [0.29, 0.717) is 6.42 Å². The first-order valence-corrected chi connectivity index (χ1v) is 12.8. The lowest BCUT2D eigenvalue weighted by Crippen LogP contribution is -2.50. The third-order valence-electron chi connectivity index (χ3n) is 8.34. The van der Waals surface area contributed by atoms with Crippen LogP contribution in [0.4, 0.5) is 0 Å². The molecule has 1 fully saturated rings. The van der Waals surface area contributed by atoms with E-state index < -0.39 is 82.9 Å². The molecule has 0 aliphatic heterocycles. The van der Waals surface area contributed by atoms with Crippen LogP contribution in [0.2, 0.25) is 0 Å². The van der Waals surface area contributed by atoms with Crippen molar-refractivity contribution in [2.75, 3.05) is 13.7 Å². The van der Waals surface area contributed by atoms with Crippen LogP contribution in [0.5, 0.6) is 17.2 Å².